The Hall–Kier alpha value is -2.57. The van der Waals surface area contributed by atoms with Crippen molar-refractivity contribution < 1.29 is 23.9 Å². The van der Waals surface area contributed by atoms with Gasteiger partial charge < -0.3 is 14.8 Å². The first-order valence-electron chi connectivity index (χ1n) is 11.0. The van der Waals surface area contributed by atoms with E-state index in [9.17, 15) is 14.4 Å². The maximum Gasteiger partial charge on any atom is 0.233 e. The zero-order valence-electron chi connectivity index (χ0n) is 17.7. The summed E-state index contributed by atoms with van der Waals surface area (Å²) in [5, 5.41) is 3.07. The Kier molecular flexibility index (Phi) is 5.97. The van der Waals surface area contributed by atoms with Gasteiger partial charge in [-0.05, 0) is 36.5 Å². The van der Waals surface area contributed by atoms with Gasteiger partial charge in [-0.2, -0.15) is 0 Å². The van der Waals surface area contributed by atoms with Gasteiger partial charge in [0.2, 0.25) is 17.7 Å². The molecule has 0 spiro atoms. The SMILES string of the molecule is CC(C)[C@H](NC(=O)CCN1C(=O)[C@H]2CCCC[C@@H]2C1=O)c1ccc2c(c1)OCCO2. The van der Waals surface area contributed by atoms with Crippen LogP contribution in [0, 0.1) is 17.8 Å². The second-order valence-corrected chi connectivity index (χ2v) is 8.77. The van der Waals surface area contributed by atoms with E-state index in [1.165, 1.54) is 4.90 Å². The summed E-state index contributed by atoms with van der Waals surface area (Å²) >= 11 is 0. The van der Waals surface area contributed by atoms with Crippen molar-refractivity contribution in [2.45, 2.75) is 52.0 Å². The summed E-state index contributed by atoms with van der Waals surface area (Å²) in [6, 6.07) is 5.53. The fourth-order valence-electron chi connectivity index (χ4n) is 4.80. The number of carbonyl (C=O) groups excluding carboxylic acids is 3. The second kappa shape index (κ2) is 8.66. The summed E-state index contributed by atoms with van der Waals surface area (Å²) in [5.74, 6) is 0.870. The third-order valence-corrected chi connectivity index (χ3v) is 6.40. The molecular weight excluding hydrogens is 384 g/mol. The fraction of sp³-hybridized carbons (Fsp3) is 0.609. The van der Waals surface area contributed by atoms with Gasteiger partial charge in [0, 0.05) is 13.0 Å². The van der Waals surface area contributed by atoms with E-state index in [1.54, 1.807) is 0 Å². The van der Waals surface area contributed by atoms with Gasteiger partial charge in [0.1, 0.15) is 13.2 Å². The zero-order valence-corrected chi connectivity index (χ0v) is 17.7. The lowest BCUT2D eigenvalue weighted by Crippen LogP contribution is -2.37. The Bertz CT molecular complexity index is 813. The summed E-state index contributed by atoms with van der Waals surface area (Å²) in [7, 11) is 0. The topological polar surface area (TPSA) is 84.9 Å². The van der Waals surface area contributed by atoms with Crippen LogP contribution in [-0.4, -0.2) is 42.4 Å². The Balaban J connectivity index is 1.38. The average molecular weight is 415 g/mol. The summed E-state index contributed by atoms with van der Waals surface area (Å²) in [4.78, 5) is 39.2. The van der Waals surface area contributed by atoms with E-state index in [0.29, 0.717) is 24.7 Å². The number of likely N-dealkylation sites (tertiary alicyclic amines) is 1. The molecule has 3 atom stereocenters. The van der Waals surface area contributed by atoms with Gasteiger partial charge in [-0.1, -0.05) is 32.8 Å². The van der Waals surface area contributed by atoms with Crippen LogP contribution in [0.2, 0.25) is 0 Å². The van der Waals surface area contributed by atoms with E-state index in [0.717, 1.165) is 31.2 Å². The molecule has 7 nitrogen and oxygen atoms in total. The van der Waals surface area contributed by atoms with Crippen LogP contribution in [0.5, 0.6) is 11.5 Å². The van der Waals surface area contributed by atoms with Crippen LogP contribution in [0.3, 0.4) is 0 Å². The summed E-state index contributed by atoms with van der Waals surface area (Å²) < 4.78 is 11.2. The number of rotatable bonds is 6. The number of amides is 3. The maximum absolute atomic E-state index is 12.7. The first kappa shape index (κ1) is 20.7. The van der Waals surface area contributed by atoms with Crippen molar-refractivity contribution in [3.05, 3.63) is 23.8 Å². The molecule has 1 N–H and O–H groups in total. The molecule has 2 heterocycles. The molecule has 0 unspecified atom stereocenters. The molecule has 3 aliphatic rings. The van der Waals surface area contributed by atoms with Crippen molar-refractivity contribution in [3.8, 4) is 11.5 Å². The van der Waals surface area contributed by atoms with Gasteiger partial charge in [-0.3, -0.25) is 19.3 Å². The van der Waals surface area contributed by atoms with Crippen molar-refractivity contribution in [2.75, 3.05) is 19.8 Å². The molecule has 0 bridgehead atoms. The number of imide groups is 1. The van der Waals surface area contributed by atoms with Crippen LogP contribution in [0.1, 0.15) is 57.6 Å². The van der Waals surface area contributed by atoms with Crippen molar-refractivity contribution >= 4 is 17.7 Å². The largest absolute Gasteiger partial charge is 0.486 e. The van der Waals surface area contributed by atoms with Gasteiger partial charge in [-0.25, -0.2) is 0 Å². The Morgan fingerprint density at radius 3 is 2.33 bits per heavy atom. The van der Waals surface area contributed by atoms with Crippen LogP contribution < -0.4 is 14.8 Å². The molecule has 162 valence electrons. The highest BCUT2D eigenvalue weighted by atomic mass is 16.6. The molecule has 3 amide bonds. The minimum absolute atomic E-state index is 0.0928. The Morgan fingerprint density at radius 2 is 1.70 bits per heavy atom. The quantitative estimate of drug-likeness (QED) is 0.724. The number of nitrogens with one attached hydrogen (secondary N) is 1. The first-order valence-corrected chi connectivity index (χ1v) is 11.0. The lowest BCUT2D eigenvalue weighted by Gasteiger charge is -2.26. The average Bonchev–Trinajstić information content (AvgIpc) is 3.00. The van der Waals surface area contributed by atoms with Crippen molar-refractivity contribution in [1.29, 1.82) is 0 Å². The number of fused-ring (bicyclic) bond motifs is 2. The van der Waals surface area contributed by atoms with Crippen LogP contribution in [0.15, 0.2) is 18.2 Å². The molecule has 30 heavy (non-hydrogen) atoms. The fourth-order valence-corrected chi connectivity index (χ4v) is 4.80. The van der Waals surface area contributed by atoms with Crippen molar-refractivity contribution in [2.24, 2.45) is 17.8 Å². The summed E-state index contributed by atoms with van der Waals surface area (Å²) in [6.07, 6.45) is 3.69. The lowest BCUT2D eigenvalue weighted by molar-refractivity contribution is -0.140. The first-order chi connectivity index (χ1) is 14.5. The number of nitrogens with zero attached hydrogens (tertiary/aromatic N) is 1. The Labute approximate surface area is 177 Å². The van der Waals surface area contributed by atoms with Gasteiger partial charge in [-0.15, -0.1) is 0 Å². The van der Waals surface area contributed by atoms with Gasteiger partial charge in [0.05, 0.1) is 17.9 Å². The minimum atomic E-state index is -0.194. The Morgan fingerprint density at radius 1 is 1.07 bits per heavy atom. The maximum atomic E-state index is 12.7. The zero-order chi connectivity index (χ0) is 21.3. The minimum Gasteiger partial charge on any atom is -0.486 e. The van der Waals surface area contributed by atoms with Gasteiger partial charge >= 0.3 is 0 Å². The molecule has 2 aliphatic heterocycles. The smallest absolute Gasteiger partial charge is 0.233 e. The normalized spacial score (nSPS) is 24.0. The highest BCUT2D eigenvalue weighted by Crippen LogP contribution is 2.38. The van der Waals surface area contributed by atoms with Crippen molar-refractivity contribution in [1.82, 2.24) is 10.2 Å². The standard InChI is InChI=1S/C23H30N2O5/c1-14(2)21(15-7-8-18-19(13-15)30-12-11-29-18)24-20(26)9-10-25-22(27)16-5-3-4-6-17(16)23(25)28/h7-8,13-14,16-17,21H,3-6,9-12H2,1-2H3,(H,24,26)/t16-,17-,21-/m0/s1. The van der Waals surface area contributed by atoms with E-state index >= 15 is 0 Å². The molecule has 1 saturated carbocycles. The molecular formula is C23H30N2O5. The highest BCUT2D eigenvalue weighted by molar-refractivity contribution is 6.05. The van der Waals surface area contributed by atoms with E-state index < -0.39 is 0 Å². The molecule has 1 aromatic rings. The number of hydrogen-bond acceptors (Lipinski definition) is 5. The molecule has 0 radical (unpaired) electrons. The van der Waals surface area contributed by atoms with E-state index in [-0.39, 0.29) is 54.5 Å². The molecule has 7 heteroatoms. The van der Waals surface area contributed by atoms with Gasteiger partial charge in [0.25, 0.3) is 0 Å². The molecule has 2 fully saturated rings. The number of hydrogen-bond donors (Lipinski definition) is 1. The molecule has 4 rings (SSSR count). The van der Waals surface area contributed by atoms with Crippen molar-refractivity contribution in [3.63, 3.8) is 0 Å². The highest BCUT2D eigenvalue weighted by Gasteiger charge is 2.47. The number of carbonyl (C=O) groups is 3. The van der Waals surface area contributed by atoms with Crippen LogP contribution in [0.25, 0.3) is 0 Å². The van der Waals surface area contributed by atoms with Gasteiger partial charge in [0.15, 0.2) is 11.5 Å². The van der Waals surface area contributed by atoms with Crippen LogP contribution in [0.4, 0.5) is 0 Å². The number of ether oxygens (including phenoxy) is 2. The van der Waals surface area contributed by atoms with E-state index in [2.05, 4.69) is 5.32 Å². The molecule has 1 aliphatic carbocycles. The predicted octanol–water partition coefficient (Wildman–Crippen LogP) is 2.84. The molecule has 1 aromatic carbocycles. The van der Waals surface area contributed by atoms with E-state index in [4.69, 9.17) is 9.47 Å². The molecule has 1 saturated heterocycles. The lowest BCUT2D eigenvalue weighted by atomic mass is 9.81. The predicted molar refractivity (Wildman–Crippen MR) is 110 cm³/mol. The third-order valence-electron chi connectivity index (χ3n) is 6.40. The second-order valence-electron chi connectivity index (χ2n) is 8.77. The van der Waals surface area contributed by atoms with Crippen LogP contribution in [-0.2, 0) is 14.4 Å². The third kappa shape index (κ3) is 4.02. The van der Waals surface area contributed by atoms with Crippen LogP contribution >= 0.6 is 0 Å². The monoisotopic (exact) mass is 414 g/mol. The molecule has 0 aromatic heterocycles. The van der Waals surface area contributed by atoms with E-state index in [1.807, 2.05) is 32.0 Å². The number of benzene rings is 1. The summed E-state index contributed by atoms with van der Waals surface area (Å²) in [6.45, 7) is 5.28. The summed E-state index contributed by atoms with van der Waals surface area (Å²) in [5.41, 5.74) is 0.946.